The third-order valence-electron chi connectivity index (χ3n) is 3.72. The van der Waals surface area contributed by atoms with Gasteiger partial charge in [0.2, 0.25) is 12.3 Å². The van der Waals surface area contributed by atoms with Crippen LogP contribution < -0.4 is 0 Å². The van der Waals surface area contributed by atoms with Crippen LogP contribution in [0.3, 0.4) is 0 Å². The molecule has 3 rings (SSSR count). The Kier molecular flexibility index (Phi) is 3.22. The minimum atomic E-state index is -0.279. The van der Waals surface area contributed by atoms with Crippen molar-refractivity contribution in [1.82, 2.24) is 15.0 Å². The molecule has 2 atom stereocenters. The van der Waals surface area contributed by atoms with E-state index in [9.17, 15) is 9.18 Å². The molecule has 0 spiro atoms. The van der Waals surface area contributed by atoms with Gasteiger partial charge < -0.3 is 9.42 Å². The van der Waals surface area contributed by atoms with Gasteiger partial charge in [-0.25, -0.2) is 4.39 Å². The first kappa shape index (κ1) is 12.8. The Labute approximate surface area is 115 Å². The van der Waals surface area contributed by atoms with Crippen LogP contribution in [0.4, 0.5) is 4.39 Å². The number of hydrogen-bond donors (Lipinski definition) is 0. The molecule has 2 heterocycles. The number of nitrogens with zero attached hydrogens (tertiary/aromatic N) is 3. The number of benzene rings is 1. The molecule has 0 N–H and O–H groups in total. The summed E-state index contributed by atoms with van der Waals surface area (Å²) in [6, 6.07) is 6.12. The highest BCUT2D eigenvalue weighted by Crippen LogP contribution is 2.32. The Morgan fingerprint density at radius 3 is 2.80 bits per heavy atom. The van der Waals surface area contributed by atoms with E-state index in [4.69, 9.17) is 4.52 Å². The number of carbonyl (C=O) groups is 1. The topological polar surface area (TPSA) is 59.2 Å². The molecular formula is C14H14FN3O2. The molecule has 2 unspecified atom stereocenters. The predicted molar refractivity (Wildman–Crippen MR) is 68.2 cm³/mol. The maximum Gasteiger partial charge on any atom is 0.223 e. The number of amides is 1. The average molecular weight is 275 g/mol. The number of carbonyl (C=O) groups excluding carboxylic acids is 1. The molecule has 6 heteroatoms. The summed E-state index contributed by atoms with van der Waals surface area (Å²) in [5.74, 6) is 0.298. The molecule has 104 valence electrons. The van der Waals surface area contributed by atoms with Gasteiger partial charge in [0.1, 0.15) is 5.82 Å². The molecule has 0 saturated carbocycles. The maximum absolute atomic E-state index is 12.9. The first-order valence-electron chi connectivity index (χ1n) is 6.46. The van der Waals surface area contributed by atoms with Crippen LogP contribution in [0.2, 0.25) is 0 Å². The summed E-state index contributed by atoms with van der Waals surface area (Å²) >= 11 is 0. The summed E-state index contributed by atoms with van der Waals surface area (Å²) in [5, 5.41) is 3.80. The third kappa shape index (κ3) is 2.29. The Hall–Kier alpha value is -2.24. The Balaban J connectivity index is 1.77. The van der Waals surface area contributed by atoms with Gasteiger partial charge >= 0.3 is 0 Å². The second-order valence-corrected chi connectivity index (χ2v) is 4.96. The van der Waals surface area contributed by atoms with Gasteiger partial charge in [-0.3, -0.25) is 4.79 Å². The van der Waals surface area contributed by atoms with E-state index in [1.807, 2.05) is 6.92 Å². The van der Waals surface area contributed by atoms with E-state index in [-0.39, 0.29) is 23.7 Å². The van der Waals surface area contributed by atoms with Gasteiger partial charge in [0, 0.05) is 18.9 Å². The molecule has 0 bridgehead atoms. The monoisotopic (exact) mass is 275 g/mol. The molecule has 1 saturated heterocycles. The molecule has 0 aliphatic carbocycles. The molecule has 5 nitrogen and oxygen atoms in total. The van der Waals surface area contributed by atoms with Gasteiger partial charge in [-0.15, -0.1) is 0 Å². The minimum absolute atomic E-state index is 0.0378. The van der Waals surface area contributed by atoms with E-state index in [0.29, 0.717) is 18.8 Å². The van der Waals surface area contributed by atoms with Gasteiger partial charge in [-0.05, 0) is 24.6 Å². The normalized spacial score (nSPS) is 20.4. The summed E-state index contributed by atoms with van der Waals surface area (Å²) in [6.45, 7) is 2.49. The average Bonchev–Trinajstić information content (AvgIpc) is 3.08. The Morgan fingerprint density at radius 2 is 2.15 bits per heavy atom. The van der Waals surface area contributed by atoms with Crippen LogP contribution in [0.1, 0.15) is 36.7 Å². The van der Waals surface area contributed by atoms with Crippen LogP contribution in [0.5, 0.6) is 0 Å². The highest BCUT2D eigenvalue weighted by atomic mass is 19.1. The zero-order chi connectivity index (χ0) is 14.1. The molecule has 1 aromatic carbocycles. The predicted octanol–water partition coefficient (Wildman–Crippen LogP) is 2.29. The summed E-state index contributed by atoms with van der Waals surface area (Å²) in [7, 11) is 0. The highest BCUT2D eigenvalue weighted by molar-refractivity contribution is 5.80. The smallest absolute Gasteiger partial charge is 0.223 e. The summed E-state index contributed by atoms with van der Waals surface area (Å²) in [6.07, 6.45) is 1.65. The fraction of sp³-hybridized carbons (Fsp3) is 0.357. The van der Waals surface area contributed by atoms with Crippen molar-refractivity contribution in [2.75, 3.05) is 6.54 Å². The van der Waals surface area contributed by atoms with Gasteiger partial charge in [0.05, 0.1) is 6.04 Å². The summed E-state index contributed by atoms with van der Waals surface area (Å²) in [5.41, 5.74) is 0.911. The van der Waals surface area contributed by atoms with Crippen molar-refractivity contribution in [2.24, 2.45) is 0 Å². The van der Waals surface area contributed by atoms with Crippen molar-refractivity contribution >= 4 is 5.91 Å². The third-order valence-corrected chi connectivity index (χ3v) is 3.72. The molecule has 1 aliphatic rings. The highest BCUT2D eigenvalue weighted by Gasteiger charge is 2.35. The van der Waals surface area contributed by atoms with Crippen LogP contribution in [0, 0.1) is 5.82 Å². The van der Waals surface area contributed by atoms with Crippen molar-refractivity contribution in [3.8, 4) is 0 Å². The quantitative estimate of drug-likeness (QED) is 0.862. The standard InChI is InChI=1S/C14H14FN3O2/c1-9(10-2-4-12(15)5-3-10)18-7-11(6-13(18)19)14-16-8-20-17-14/h2-5,8-9,11H,6-7H2,1H3. The van der Waals surface area contributed by atoms with E-state index in [0.717, 1.165) is 5.56 Å². The van der Waals surface area contributed by atoms with Gasteiger partial charge in [-0.1, -0.05) is 17.3 Å². The Morgan fingerprint density at radius 1 is 1.40 bits per heavy atom. The van der Waals surface area contributed by atoms with Crippen LogP contribution in [0.15, 0.2) is 35.2 Å². The SMILES string of the molecule is CC(c1ccc(F)cc1)N1CC(c2ncon2)CC1=O. The molecular weight excluding hydrogens is 261 g/mol. The largest absolute Gasteiger partial charge is 0.343 e. The number of hydrogen-bond acceptors (Lipinski definition) is 4. The van der Waals surface area contributed by atoms with Crippen molar-refractivity contribution in [2.45, 2.75) is 25.3 Å². The van der Waals surface area contributed by atoms with Crippen molar-refractivity contribution in [1.29, 1.82) is 0 Å². The number of likely N-dealkylation sites (tertiary alicyclic amines) is 1. The lowest BCUT2D eigenvalue weighted by atomic mass is 10.1. The lowest BCUT2D eigenvalue weighted by molar-refractivity contribution is -0.129. The zero-order valence-corrected chi connectivity index (χ0v) is 11.0. The van der Waals surface area contributed by atoms with Gasteiger partial charge in [0.25, 0.3) is 0 Å². The molecule has 0 radical (unpaired) electrons. The molecule has 1 amide bonds. The molecule has 1 aliphatic heterocycles. The Bertz CT molecular complexity index is 597. The maximum atomic E-state index is 12.9. The number of halogens is 1. The van der Waals surface area contributed by atoms with Crippen LogP contribution >= 0.6 is 0 Å². The van der Waals surface area contributed by atoms with E-state index in [1.165, 1.54) is 18.5 Å². The number of aromatic nitrogens is 2. The molecule has 1 aromatic heterocycles. The minimum Gasteiger partial charge on any atom is -0.343 e. The van der Waals surface area contributed by atoms with E-state index >= 15 is 0 Å². The second-order valence-electron chi connectivity index (χ2n) is 4.96. The first-order valence-corrected chi connectivity index (χ1v) is 6.46. The van der Waals surface area contributed by atoms with E-state index in [1.54, 1.807) is 17.0 Å². The fourth-order valence-electron chi connectivity index (χ4n) is 2.56. The molecule has 2 aromatic rings. The second kappa shape index (κ2) is 5.03. The summed E-state index contributed by atoms with van der Waals surface area (Å²) in [4.78, 5) is 17.9. The lowest BCUT2D eigenvalue weighted by Crippen LogP contribution is -2.28. The van der Waals surface area contributed by atoms with Gasteiger partial charge in [-0.2, -0.15) is 4.98 Å². The van der Waals surface area contributed by atoms with Gasteiger partial charge in [0.15, 0.2) is 5.82 Å². The fourth-order valence-corrected chi connectivity index (χ4v) is 2.56. The summed E-state index contributed by atoms with van der Waals surface area (Å²) < 4.78 is 17.7. The van der Waals surface area contributed by atoms with Crippen LogP contribution in [-0.2, 0) is 4.79 Å². The zero-order valence-electron chi connectivity index (χ0n) is 11.0. The molecule has 20 heavy (non-hydrogen) atoms. The van der Waals surface area contributed by atoms with Crippen molar-refractivity contribution in [3.63, 3.8) is 0 Å². The van der Waals surface area contributed by atoms with Crippen molar-refractivity contribution in [3.05, 3.63) is 47.9 Å². The van der Waals surface area contributed by atoms with Crippen LogP contribution in [-0.4, -0.2) is 27.5 Å². The number of rotatable bonds is 3. The van der Waals surface area contributed by atoms with Crippen molar-refractivity contribution < 1.29 is 13.7 Å². The van der Waals surface area contributed by atoms with E-state index in [2.05, 4.69) is 10.1 Å². The first-order chi connectivity index (χ1) is 9.65. The van der Waals surface area contributed by atoms with E-state index < -0.39 is 0 Å². The van der Waals surface area contributed by atoms with Crippen LogP contribution in [0.25, 0.3) is 0 Å². The molecule has 1 fully saturated rings. The lowest BCUT2D eigenvalue weighted by Gasteiger charge is -2.25.